The first-order valence-corrected chi connectivity index (χ1v) is 18.9. The zero-order chi connectivity index (χ0) is 36.7. The Bertz CT molecular complexity index is 3480. The largest absolute Gasteiger partial charge is 0.456 e. The molecular formula is C52H31NO3. The second kappa shape index (κ2) is 12.0. The Morgan fingerprint density at radius 3 is 1.71 bits per heavy atom. The maximum absolute atomic E-state index is 7.12. The van der Waals surface area contributed by atoms with E-state index >= 15 is 0 Å². The summed E-state index contributed by atoms with van der Waals surface area (Å²) in [6, 6.07) is 66.0. The van der Waals surface area contributed by atoms with Gasteiger partial charge < -0.3 is 18.2 Å². The maximum Gasteiger partial charge on any atom is 0.159 e. The molecule has 0 fully saturated rings. The Kier molecular flexibility index (Phi) is 6.60. The number of anilines is 3. The van der Waals surface area contributed by atoms with Crippen LogP contribution in [0.5, 0.6) is 0 Å². The number of furan rings is 3. The molecule has 56 heavy (non-hydrogen) atoms. The molecule has 0 saturated carbocycles. The Morgan fingerprint density at radius 2 is 0.875 bits per heavy atom. The highest BCUT2D eigenvalue weighted by molar-refractivity contribution is 6.22. The van der Waals surface area contributed by atoms with Gasteiger partial charge in [0.1, 0.15) is 27.9 Å². The van der Waals surface area contributed by atoms with Crippen molar-refractivity contribution in [2.75, 3.05) is 4.90 Å². The molecule has 9 aromatic carbocycles. The van der Waals surface area contributed by atoms with Crippen LogP contribution < -0.4 is 4.90 Å². The van der Waals surface area contributed by atoms with E-state index in [1.807, 2.05) is 24.3 Å². The van der Waals surface area contributed by atoms with Gasteiger partial charge in [0.2, 0.25) is 0 Å². The Labute approximate surface area is 321 Å². The molecule has 3 heterocycles. The summed E-state index contributed by atoms with van der Waals surface area (Å²) in [4.78, 5) is 2.32. The van der Waals surface area contributed by atoms with E-state index < -0.39 is 0 Å². The molecule has 12 rings (SSSR count). The molecule has 0 unspecified atom stereocenters. The van der Waals surface area contributed by atoms with Crippen molar-refractivity contribution in [1.82, 2.24) is 0 Å². The van der Waals surface area contributed by atoms with E-state index in [2.05, 4.69) is 169 Å². The molecule has 0 aliphatic heterocycles. The predicted molar refractivity (Wildman–Crippen MR) is 231 cm³/mol. The maximum atomic E-state index is 7.12. The van der Waals surface area contributed by atoms with Gasteiger partial charge in [-0.05, 0) is 88.3 Å². The Balaban J connectivity index is 1.12. The van der Waals surface area contributed by atoms with E-state index in [1.165, 1.54) is 5.56 Å². The summed E-state index contributed by atoms with van der Waals surface area (Å²) in [6.07, 6.45) is 0. The van der Waals surface area contributed by atoms with Gasteiger partial charge in [0.05, 0.1) is 16.8 Å². The van der Waals surface area contributed by atoms with Crippen LogP contribution in [0.3, 0.4) is 0 Å². The lowest BCUT2D eigenvalue weighted by atomic mass is 9.94. The summed E-state index contributed by atoms with van der Waals surface area (Å²) in [5.41, 5.74) is 12.7. The molecule has 3 aromatic heterocycles. The van der Waals surface area contributed by atoms with Crippen LogP contribution in [0.2, 0.25) is 0 Å². The van der Waals surface area contributed by atoms with Crippen molar-refractivity contribution in [3.8, 4) is 22.3 Å². The SMILES string of the molecule is c1ccc(-c2ccc(N(c3cccc4c3oc3c5ccccc5c(-c5ccc6oc7ccccc7c6c5)cc43)c3cccc4oc5ccccc5c34)cc2)cc1. The van der Waals surface area contributed by atoms with Crippen LogP contribution in [-0.4, -0.2) is 0 Å². The second-order valence-corrected chi connectivity index (χ2v) is 14.4. The van der Waals surface area contributed by atoms with Gasteiger partial charge in [-0.2, -0.15) is 0 Å². The fourth-order valence-corrected chi connectivity index (χ4v) is 8.70. The molecule has 4 nitrogen and oxygen atoms in total. The monoisotopic (exact) mass is 717 g/mol. The highest BCUT2D eigenvalue weighted by atomic mass is 16.3. The number of fused-ring (bicyclic) bond motifs is 11. The van der Waals surface area contributed by atoms with E-state index in [-0.39, 0.29) is 0 Å². The molecule has 4 heteroatoms. The van der Waals surface area contributed by atoms with Gasteiger partial charge in [-0.1, -0.05) is 127 Å². The first kappa shape index (κ1) is 30.9. The summed E-state index contributed by atoms with van der Waals surface area (Å²) >= 11 is 0. The molecular weight excluding hydrogens is 687 g/mol. The minimum absolute atomic E-state index is 0.818. The van der Waals surface area contributed by atoms with Crippen molar-refractivity contribution in [3.05, 3.63) is 188 Å². The van der Waals surface area contributed by atoms with E-state index in [0.717, 1.165) is 110 Å². The van der Waals surface area contributed by atoms with Crippen molar-refractivity contribution in [1.29, 1.82) is 0 Å². The van der Waals surface area contributed by atoms with Gasteiger partial charge in [-0.25, -0.2) is 0 Å². The van der Waals surface area contributed by atoms with Crippen LogP contribution in [0.25, 0.3) is 98.8 Å². The number of rotatable bonds is 5. The summed E-state index contributed by atoms with van der Waals surface area (Å²) in [7, 11) is 0. The van der Waals surface area contributed by atoms with Gasteiger partial charge in [0.25, 0.3) is 0 Å². The summed E-state index contributed by atoms with van der Waals surface area (Å²) < 4.78 is 19.7. The lowest BCUT2D eigenvalue weighted by Gasteiger charge is -2.26. The van der Waals surface area contributed by atoms with Crippen molar-refractivity contribution >= 4 is 93.7 Å². The zero-order valence-electron chi connectivity index (χ0n) is 30.1. The van der Waals surface area contributed by atoms with Crippen molar-refractivity contribution in [3.63, 3.8) is 0 Å². The molecule has 0 N–H and O–H groups in total. The Hall–Kier alpha value is -7.56. The van der Waals surface area contributed by atoms with E-state index in [4.69, 9.17) is 13.3 Å². The number of hydrogen-bond acceptors (Lipinski definition) is 4. The highest BCUT2D eigenvalue weighted by Crippen LogP contribution is 2.48. The average molecular weight is 718 g/mol. The van der Waals surface area contributed by atoms with Gasteiger partial charge >= 0.3 is 0 Å². The molecule has 0 spiro atoms. The summed E-state index contributed by atoms with van der Waals surface area (Å²) in [5.74, 6) is 0. The highest BCUT2D eigenvalue weighted by Gasteiger charge is 2.24. The molecule has 0 saturated heterocycles. The van der Waals surface area contributed by atoms with Crippen LogP contribution in [-0.2, 0) is 0 Å². The minimum atomic E-state index is 0.818. The predicted octanol–water partition coefficient (Wildman–Crippen LogP) is 15.3. The van der Waals surface area contributed by atoms with Crippen molar-refractivity contribution < 1.29 is 13.3 Å². The first-order chi connectivity index (χ1) is 27.8. The van der Waals surface area contributed by atoms with Crippen LogP contribution >= 0.6 is 0 Å². The molecule has 12 aromatic rings. The van der Waals surface area contributed by atoms with Crippen molar-refractivity contribution in [2.45, 2.75) is 0 Å². The average Bonchev–Trinajstić information content (AvgIpc) is 3.96. The van der Waals surface area contributed by atoms with E-state index in [9.17, 15) is 0 Å². The van der Waals surface area contributed by atoms with Gasteiger partial charge in [0.15, 0.2) is 5.58 Å². The third-order valence-corrected chi connectivity index (χ3v) is 11.3. The third-order valence-electron chi connectivity index (χ3n) is 11.3. The quantitative estimate of drug-likeness (QED) is 0.178. The smallest absolute Gasteiger partial charge is 0.159 e. The minimum Gasteiger partial charge on any atom is -0.456 e. The lowest BCUT2D eigenvalue weighted by molar-refractivity contribution is 0.668. The molecule has 0 amide bonds. The number of benzene rings is 9. The first-order valence-electron chi connectivity index (χ1n) is 18.9. The number of hydrogen-bond donors (Lipinski definition) is 0. The number of para-hydroxylation sites is 3. The van der Waals surface area contributed by atoms with Crippen LogP contribution in [0, 0.1) is 0 Å². The molecule has 262 valence electrons. The molecule has 0 aliphatic rings. The molecule has 0 radical (unpaired) electrons. The van der Waals surface area contributed by atoms with Gasteiger partial charge in [-0.3, -0.25) is 0 Å². The van der Waals surface area contributed by atoms with E-state index in [1.54, 1.807) is 0 Å². The molecule has 0 atom stereocenters. The Morgan fingerprint density at radius 1 is 0.304 bits per heavy atom. The third kappa shape index (κ3) is 4.60. The fourth-order valence-electron chi connectivity index (χ4n) is 8.70. The fraction of sp³-hybridized carbons (Fsp3) is 0. The number of nitrogens with zero attached hydrogens (tertiary/aromatic N) is 1. The van der Waals surface area contributed by atoms with Crippen LogP contribution in [0.4, 0.5) is 17.1 Å². The van der Waals surface area contributed by atoms with E-state index in [0.29, 0.717) is 0 Å². The van der Waals surface area contributed by atoms with Crippen molar-refractivity contribution in [2.24, 2.45) is 0 Å². The molecule has 0 bridgehead atoms. The zero-order valence-corrected chi connectivity index (χ0v) is 30.1. The normalized spacial score (nSPS) is 11.9. The standard InChI is InChI=1S/C52H31NO3/c1-2-12-32(13-3-1)33-24-27-35(28-25-33)53(44-19-11-23-49-50(44)40-17-7-9-22-47(40)55-49)45-20-10-18-39-43-31-41(36-14-4-5-16-38(36)51(43)56-52(39)45)34-26-29-48-42(30-34)37-15-6-8-21-46(37)54-48/h1-31H. The van der Waals surface area contributed by atoms with Gasteiger partial charge in [0, 0.05) is 38.0 Å². The van der Waals surface area contributed by atoms with Crippen LogP contribution in [0.1, 0.15) is 0 Å². The summed E-state index contributed by atoms with van der Waals surface area (Å²) in [6.45, 7) is 0. The second-order valence-electron chi connectivity index (χ2n) is 14.4. The molecule has 0 aliphatic carbocycles. The topological polar surface area (TPSA) is 42.7 Å². The van der Waals surface area contributed by atoms with Gasteiger partial charge in [-0.15, -0.1) is 0 Å². The summed E-state index contributed by atoms with van der Waals surface area (Å²) in [5, 5.41) is 8.67. The lowest BCUT2D eigenvalue weighted by Crippen LogP contribution is -2.10. The van der Waals surface area contributed by atoms with Crippen LogP contribution in [0.15, 0.2) is 201 Å².